The van der Waals surface area contributed by atoms with Crippen LogP contribution in [-0.2, 0) is 17.6 Å². The highest BCUT2D eigenvalue weighted by Gasteiger charge is 2.54. The molecule has 0 saturated heterocycles. The highest BCUT2D eigenvalue weighted by Crippen LogP contribution is 2.60. The minimum Gasteiger partial charge on any atom is -0.327 e. The Hall–Kier alpha value is -0.940. The molecule has 0 unspecified atom stereocenters. The summed E-state index contributed by atoms with van der Waals surface area (Å²) < 4.78 is 0. The molecule has 4 fully saturated rings. The van der Waals surface area contributed by atoms with Gasteiger partial charge < -0.3 is 11.1 Å². The smallest absolute Gasteiger partial charge is 0.232 e. The van der Waals surface area contributed by atoms with Crippen LogP contribution in [0.2, 0.25) is 0 Å². The number of nitrogens with zero attached hydrogens (tertiary/aromatic N) is 1. The third kappa shape index (κ3) is 2.35. The van der Waals surface area contributed by atoms with E-state index in [0.717, 1.165) is 67.1 Å². The van der Waals surface area contributed by atoms with E-state index in [-0.39, 0.29) is 17.4 Å². The van der Waals surface area contributed by atoms with E-state index in [1.807, 2.05) is 0 Å². The maximum atomic E-state index is 13.1. The van der Waals surface area contributed by atoms with Crippen molar-refractivity contribution < 1.29 is 4.79 Å². The molecule has 4 bridgehead atoms. The van der Waals surface area contributed by atoms with Crippen LogP contribution in [0.5, 0.6) is 0 Å². The van der Waals surface area contributed by atoms with E-state index in [2.05, 4.69) is 10.3 Å². The van der Waals surface area contributed by atoms with E-state index < -0.39 is 0 Å². The maximum Gasteiger partial charge on any atom is 0.232 e. The number of rotatable bonds is 2. The molecule has 1 aromatic rings. The van der Waals surface area contributed by atoms with Gasteiger partial charge in [-0.1, -0.05) is 0 Å². The molecule has 5 aliphatic carbocycles. The Bertz CT molecular complexity index is 617. The van der Waals surface area contributed by atoms with E-state index in [0.29, 0.717) is 0 Å². The highest BCUT2D eigenvalue weighted by molar-refractivity contribution is 7.15. The largest absolute Gasteiger partial charge is 0.327 e. The van der Waals surface area contributed by atoms with Crippen LogP contribution in [0.1, 0.15) is 55.5 Å². The maximum absolute atomic E-state index is 13.1. The van der Waals surface area contributed by atoms with Crippen molar-refractivity contribution >= 4 is 22.4 Å². The van der Waals surface area contributed by atoms with Crippen LogP contribution in [0.15, 0.2) is 0 Å². The summed E-state index contributed by atoms with van der Waals surface area (Å²) in [6.07, 6.45) is 10.3. The van der Waals surface area contributed by atoms with E-state index in [4.69, 9.17) is 5.73 Å². The average Bonchev–Trinajstić information content (AvgIpc) is 2.87. The number of amides is 1. The van der Waals surface area contributed by atoms with Crippen molar-refractivity contribution in [3.63, 3.8) is 0 Å². The van der Waals surface area contributed by atoms with Gasteiger partial charge >= 0.3 is 0 Å². The standard InChI is InChI=1S/C18H25N3OS/c19-13-1-2-14-15(6-13)23-17(20-14)21-16(22)18-7-10-3-11(8-18)5-12(4-10)9-18/h10-13H,1-9,19H2,(H,20,21,22)/t10?,11?,12?,13-,18?/m0/s1. The molecule has 0 radical (unpaired) electrons. The fourth-order valence-electron chi connectivity index (χ4n) is 6.07. The molecule has 0 spiro atoms. The lowest BCUT2D eigenvalue weighted by Crippen LogP contribution is -2.51. The van der Waals surface area contributed by atoms with Gasteiger partial charge in [-0.05, 0) is 75.5 Å². The Kier molecular flexibility index (Phi) is 3.15. The third-order valence-electron chi connectivity index (χ3n) is 6.72. The molecule has 23 heavy (non-hydrogen) atoms. The molecule has 124 valence electrons. The van der Waals surface area contributed by atoms with Crippen molar-refractivity contribution in [1.29, 1.82) is 0 Å². The molecule has 5 heteroatoms. The number of nitrogens with two attached hydrogens (primary N) is 1. The summed E-state index contributed by atoms with van der Waals surface area (Å²) in [5, 5.41) is 4.01. The van der Waals surface area contributed by atoms with Gasteiger partial charge in [0, 0.05) is 10.9 Å². The zero-order chi connectivity index (χ0) is 15.6. The van der Waals surface area contributed by atoms with Crippen molar-refractivity contribution in [2.24, 2.45) is 28.9 Å². The first-order valence-electron chi connectivity index (χ1n) is 9.15. The number of carbonyl (C=O) groups excluding carboxylic acids is 1. The number of carbonyl (C=O) groups is 1. The topological polar surface area (TPSA) is 68.0 Å². The van der Waals surface area contributed by atoms with E-state index in [1.165, 1.54) is 24.1 Å². The minimum absolute atomic E-state index is 0.0860. The van der Waals surface area contributed by atoms with E-state index in [9.17, 15) is 4.79 Å². The van der Waals surface area contributed by atoms with Gasteiger partial charge in [-0.3, -0.25) is 4.79 Å². The normalized spacial score (nSPS) is 40.9. The second-order valence-electron chi connectivity index (χ2n) is 8.54. The van der Waals surface area contributed by atoms with Crippen molar-refractivity contribution in [2.45, 2.75) is 63.8 Å². The first-order valence-corrected chi connectivity index (χ1v) is 9.97. The lowest BCUT2D eigenvalue weighted by Gasteiger charge is -2.55. The van der Waals surface area contributed by atoms with Gasteiger partial charge in [0.05, 0.1) is 11.1 Å². The number of hydrogen-bond donors (Lipinski definition) is 2. The monoisotopic (exact) mass is 331 g/mol. The summed E-state index contributed by atoms with van der Waals surface area (Å²) in [6.45, 7) is 0. The van der Waals surface area contributed by atoms with Gasteiger partial charge in [0.2, 0.25) is 5.91 Å². The van der Waals surface area contributed by atoms with Crippen LogP contribution in [0.3, 0.4) is 0 Å². The molecule has 5 aliphatic rings. The Morgan fingerprint density at radius 3 is 2.48 bits per heavy atom. The third-order valence-corrected chi connectivity index (χ3v) is 7.75. The quantitative estimate of drug-likeness (QED) is 0.875. The van der Waals surface area contributed by atoms with Crippen LogP contribution in [-0.4, -0.2) is 16.9 Å². The first-order chi connectivity index (χ1) is 11.1. The summed E-state index contributed by atoms with van der Waals surface area (Å²) in [6, 6.07) is 0.259. The zero-order valence-electron chi connectivity index (χ0n) is 13.5. The molecule has 0 aliphatic heterocycles. The second-order valence-corrected chi connectivity index (χ2v) is 9.63. The van der Waals surface area contributed by atoms with Crippen LogP contribution in [0.25, 0.3) is 0 Å². The van der Waals surface area contributed by atoms with Crippen LogP contribution in [0.4, 0.5) is 5.13 Å². The fourth-order valence-corrected chi connectivity index (χ4v) is 7.17. The van der Waals surface area contributed by atoms with Gasteiger partial charge in [0.15, 0.2) is 5.13 Å². The number of anilines is 1. The molecule has 1 aromatic heterocycles. The molecular formula is C18H25N3OS. The Balaban J connectivity index is 1.36. The van der Waals surface area contributed by atoms with Crippen LogP contribution < -0.4 is 11.1 Å². The first kappa shape index (κ1) is 14.4. The second kappa shape index (κ2) is 5.03. The van der Waals surface area contributed by atoms with Crippen LogP contribution >= 0.6 is 11.3 Å². The molecule has 1 heterocycles. The molecule has 1 atom stereocenters. The van der Waals surface area contributed by atoms with Crippen molar-refractivity contribution in [2.75, 3.05) is 5.32 Å². The molecule has 3 N–H and O–H groups in total. The predicted octanol–water partition coefficient (Wildman–Crippen LogP) is 3.11. The number of aromatic nitrogens is 1. The van der Waals surface area contributed by atoms with Crippen molar-refractivity contribution in [3.05, 3.63) is 10.6 Å². The predicted molar refractivity (Wildman–Crippen MR) is 91.3 cm³/mol. The Morgan fingerprint density at radius 1 is 1.17 bits per heavy atom. The summed E-state index contributed by atoms with van der Waals surface area (Å²) in [5.74, 6) is 2.66. The van der Waals surface area contributed by atoms with Crippen molar-refractivity contribution in [3.8, 4) is 0 Å². The Labute approximate surface area is 141 Å². The molecule has 0 aromatic carbocycles. The van der Waals surface area contributed by atoms with Crippen molar-refractivity contribution in [1.82, 2.24) is 4.98 Å². The highest BCUT2D eigenvalue weighted by atomic mass is 32.1. The van der Waals surface area contributed by atoms with Gasteiger partial charge in [-0.15, -0.1) is 11.3 Å². The summed E-state index contributed by atoms with van der Waals surface area (Å²) in [7, 11) is 0. The van der Waals surface area contributed by atoms with E-state index >= 15 is 0 Å². The molecule has 1 amide bonds. The molecule has 6 rings (SSSR count). The number of thiazole rings is 1. The Morgan fingerprint density at radius 2 is 1.83 bits per heavy atom. The zero-order valence-corrected chi connectivity index (χ0v) is 14.3. The number of hydrogen-bond acceptors (Lipinski definition) is 4. The van der Waals surface area contributed by atoms with Gasteiger partial charge in [0.25, 0.3) is 0 Å². The van der Waals surface area contributed by atoms with Gasteiger partial charge in [-0.2, -0.15) is 0 Å². The minimum atomic E-state index is -0.0860. The summed E-state index contributed by atoms with van der Waals surface area (Å²) in [4.78, 5) is 19.0. The summed E-state index contributed by atoms with van der Waals surface area (Å²) >= 11 is 1.65. The number of nitrogens with one attached hydrogen (secondary N) is 1. The average molecular weight is 331 g/mol. The summed E-state index contributed by atoms with van der Waals surface area (Å²) in [5.41, 5.74) is 7.13. The fraction of sp³-hybridized carbons (Fsp3) is 0.778. The van der Waals surface area contributed by atoms with Gasteiger partial charge in [0.1, 0.15) is 0 Å². The van der Waals surface area contributed by atoms with E-state index in [1.54, 1.807) is 11.3 Å². The molecule has 4 saturated carbocycles. The van der Waals surface area contributed by atoms with Gasteiger partial charge in [-0.25, -0.2) is 4.98 Å². The number of aryl methyl sites for hydroxylation is 1. The SMILES string of the molecule is N[C@H]1CCc2nc(NC(=O)C34CC5CC(CC(C5)C3)C4)sc2C1. The number of fused-ring (bicyclic) bond motifs is 1. The lowest BCUT2D eigenvalue weighted by atomic mass is 9.49. The molecule has 4 nitrogen and oxygen atoms in total. The lowest BCUT2D eigenvalue weighted by molar-refractivity contribution is -0.140. The molecular weight excluding hydrogens is 306 g/mol. The van der Waals surface area contributed by atoms with Crippen LogP contribution in [0, 0.1) is 23.2 Å².